The van der Waals surface area contributed by atoms with Gasteiger partial charge < -0.3 is 0 Å². The SMILES string of the molecule is [O-][Cl+](O)(O)O.c1ccc(-c2csc3cccc[n+]23)cc1. The number of benzene rings is 1. The number of hydrogen-bond donors (Lipinski definition) is 3. The summed E-state index contributed by atoms with van der Waals surface area (Å²) < 4.78 is 32.4. The van der Waals surface area contributed by atoms with Gasteiger partial charge in [0.05, 0.1) is 5.38 Å². The summed E-state index contributed by atoms with van der Waals surface area (Å²) in [5.41, 5.74) is 2.52. The predicted molar refractivity (Wildman–Crippen MR) is 69.6 cm³/mol. The Bertz CT molecular complexity index is 675. The summed E-state index contributed by atoms with van der Waals surface area (Å²) in [6.07, 6.45) is 2.11. The van der Waals surface area contributed by atoms with E-state index < -0.39 is 10.2 Å². The molecule has 5 nitrogen and oxygen atoms in total. The van der Waals surface area contributed by atoms with Crippen LogP contribution >= 0.6 is 11.3 Å². The first-order valence-electron chi connectivity index (χ1n) is 5.54. The van der Waals surface area contributed by atoms with Crippen molar-refractivity contribution in [3.05, 3.63) is 60.1 Å². The Balaban J connectivity index is 0.000000257. The molecule has 0 aliphatic heterocycles. The second-order valence-electron chi connectivity index (χ2n) is 3.83. The molecule has 3 rings (SSSR count). The molecule has 2 aromatic heterocycles. The molecule has 0 saturated carbocycles. The maximum absolute atomic E-state index is 8.83. The minimum absolute atomic E-state index is 1.26. The van der Waals surface area contributed by atoms with Crippen molar-refractivity contribution < 1.29 is 33.3 Å². The van der Waals surface area contributed by atoms with Crippen molar-refractivity contribution in [2.75, 3.05) is 0 Å². The number of pyridine rings is 1. The summed E-state index contributed by atoms with van der Waals surface area (Å²) in [7, 11) is -4.19. The quantitative estimate of drug-likeness (QED) is 0.564. The number of halogens is 1. The van der Waals surface area contributed by atoms with Crippen LogP contribution in [0.25, 0.3) is 16.1 Å². The molecule has 106 valence electrons. The molecule has 0 amide bonds. The molecule has 3 aromatic rings. The summed E-state index contributed by atoms with van der Waals surface area (Å²) in [5.74, 6) is 0. The van der Waals surface area contributed by atoms with Gasteiger partial charge in [0.25, 0.3) is 4.83 Å². The van der Waals surface area contributed by atoms with Crippen LogP contribution in [0.5, 0.6) is 0 Å². The van der Waals surface area contributed by atoms with E-state index in [1.54, 1.807) is 11.3 Å². The Morgan fingerprint density at radius 2 is 1.55 bits per heavy atom. The maximum Gasteiger partial charge on any atom is 0.267 e. The first-order chi connectivity index (χ1) is 9.45. The molecule has 7 heteroatoms. The minimum Gasteiger partial charge on any atom is -0.150 e. The monoisotopic (exact) mass is 314 g/mol. The summed E-state index contributed by atoms with van der Waals surface area (Å²) in [5, 5.41) is 2.20. The summed E-state index contributed by atoms with van der Waals surface area (Å²) in [4.78, 5) is 1.27. The van der Waals surface area contributed by atoms with Gasteiger partial charge >= 0.3 is 28.9 Å². The summed E-state index contributed by atoms with van der Waals surface area (Å²) in [6.45, 7) is 0. The second-order valence-corrected chi connectivity index (χ2v) is 5.59. The van der Waals surface area contributed by atoms with Gasteiger partial charge in [0.2, 0.25) is 5.69 Å². The van der Waals surface area contributed by atoms with Gasteiger partial charge in [-0.05, 0) is 18.2 Å². The number of fused-ring (bicyclic) bond motifs is 1. The fraction of sp³-hybridized carbons (Fsp3) is 0. The van der Waals surface area contributed by atoms with E-state index in [-0.39, 0.29) is 0 Å². The predicted octanol–water partition coefficient (Wildman–Crippen LogP) is 0.294. The van der Waals surface area contributed by atoms with Crippen molar-refractivity contribution in [2.24, 2.45) is 0 Å². The molecule has 0 unspecified atom stereocenters. The van der Waals surface area contributed by atoms with Crippen LogP contribution in [-0.2, 0) is 0 Å². The first-order valence-corrected chi connectivity index (χ1v) is 7.75. The molecule has 0 aliphatic rings. The molecular formula is C13H13ClNO4S+. The number of aromatic nitrogens is 1. The van der Waals surface area contributed by atoms with Gasteiger partial charge in [-0.3, -0.25) is 0 Å². The van der Waals surface area contributed by atoms with E-state index in [9.17, 15) is 0 Å². The Labute approximate surface area is 121 Å². The van der Waals surface area contributed by atoms with Gasteiger partial charge in [-0.2, -0.15) is 4.40 Å². The van der Waals surface area contributed by atoms with E-state index in [2.05, 4.69) is 58.4 Å². The topological polar surface area (TPSA) is 87.8 Å². The Hall–Kier alpha value is -1.54. The van der Waals surface area contributed by atoms with Crippen molar-refractivity contribution in [3.63, 3.8) is 0 Å². The van der Waals surface area contributed by atoms with Crippen molar-refractivity contribution >= 4 is 16.2 Å². The molecule has 0 spiro atoms. The zero-order valence-corrected chi connectivity index (χ0v) is 11.8. The van der Waals surface area contributed by atoms with Crippen molar-refractivity contribution in [2.45, 2.75) is 0 Å². The van der Waals surface area contributed by atoms with Crippen LogP contribution in [-0.4, -0.2) is 14.0 Å². The third-order valence-corrected chi connectivity index (χ3v) is 3.36. The van der Waals surface area contributed by atoms with Crippen LogP contribution in [0.3, 0.4) is 0 Å². The van der Waals surface area contributed by atoms with Gasteiger partial charge in [0.15, 0.2) is 6.20 Å². The zero-order chi connectivity index (χ0) is 14.6. The molecule has 0 bridgehead atoms. The molecular weight excluding hydrogens is 302 g/mol. The van der Waals surface area contributed by atoms with Gasteiger partial charge in [-0.25, -0.2) is 0 Å². The largest absolute Gasteiger partial charge is 0.267 e. The Kier molecular flexibility index (Phi) is 4.66. The molecule has 0 fully saturated rings. The molecule has 0 saturated heterocycles. The average molecular weight is 315 g/mol. The summed E-state index contributed by atoms with van der Waals surface area (Å²) in [6, 6.07) is 16.7. The number of rotatable bonds is 1. The van der Waals surface area contributed by atoms with E-state index in [1.807, 2.05) is 6.07 Å². The molecule has 0 radical (unpaired) electrons. The zero-order valence-electron chi connectivity index (χ0n) is 10.3. The van der Waals surface area contributed by atoms with Crippen molar-refractivity contribution in [3.8, 4) is 11.3 Å². The fourth-order valence-corrected chi connectivity index (χ4v) is 2.62. The smallest absolute Gasteiger partial charge is 0.150 e. The third-order valence-electron chi connectivity index (χ3n) is 2.44. The van der Waals surface area contributed by atoms with E-state index in [0.717, 1.165) is 0 Å². The van der Waals surface area contributed by atoms with Crippen molar-refractivity contribution in [1.29, 1.82) is 0 Å². The normalized spacial score (nSPS) is 11.8. The van der Waals surface area contributed by atoms with E-state index in [0.29, 0.717) is 0 Å². The van der Waals surface area contributed by atoms with E-state index in [4.69, 9.17) is 18.6 Å². The Morgan fingerprint density at radius 1 is 0.950 bits per heavy atom. The maximum atomic E-state index is 8.83. The Morgan fingerprint density at radius 3 is 2.20 bits per heavy atom. The summed E-state index contributed by atoms with van der Waals surface area (Å²) >= 11 is 1.77. The second kappa shape index (κ2) is 6.27. The van der Waals surface area contributed by atoms with Gasteiger partial charge in [0.1, 0.15) is 0 Å². The molecule has 1 aromatic carbocycles. The van der Waals surface area contributed by atoms with E-state index >= 15 is 0 Å². The van der Waals surface area contributed by atoms with Gasteiger partial charge in [-0.1, -0.05) is 29.5 Å². The van der Waals surface area contributed by atoms with Crippen molar-refractivity contribution in [1.82, 2.24) is 0 Å². The average Bonchev–Trinajstić information content (AvgIpc) is 2.81. The fourth-order valence-electron chi connectivity index (χ4n) is 1.71. The number of thiazole rings is 1. The molecule has 0 atom stereocenters. The van der Waals surface area contributed by atoms with Crippen LogP contribution < -0.4 is 9.06 Å². The van der Waals surface area contributed by atoms with Gasteiger partial charge in [-0.15, -0.1) is 0 Å². The number of hydrogen-bond acceptors (Lipinski definition) is 5. The van der Waals surface area contributed by atoms with Gasteiger partial charge in [0, 0.05) is 17.7 Å². The molecule has 20 heavy (non-hydrogen) atoms. The number of nitrogens with zero attached hydrogens (tertiary/aromatic N) is 1. The molecule has 3 N–H and O–H groups in total. The van der Waals surface area contributed by atoms with Crippen LogP contribution in [0, 0.1) is 10.2 Å². The first kappa shape index (κ1) is 14.9. The van der Waals surface area contributed by atoms with Crippen LogP contribution in [0.2, 0.25) is 0 Å². The van der Waals surface area contributed by atoms with E-state index in [1.165, 1.54) is 16.1 Å². The standard InChI is InChI=1S/C13H10NS.ClH3O4/c1-2-6-11(7-3-1)12-10-15-13-8-4-5-9-14(12)13;2-1(3,4)5/h1-10H;2-4H/q+1;. The third kappa shape index (κ3) is 4.24. The minimum atomic E-state index is -4.19. The molecule has 0 aliphatic carbocycles. The van der Waals surface area contributed by atoms with Crippen LogP contribution in [0.1, 0.15) is 0 Å². The van der Waals surface area contributed by atoms with Crippen LogP contribution in [0.4, 0.5) is 0 Å². The molecule has 2 heterocycles. The van der Waals surface area contributed by atoms with Crippen LogP contribution in [0.15, 0.2) is 60.1 Å².